The highest BCUT2D eigenvalue weighted by Gasteiger charge is 2.11. The molecular formula is C27H34. The van der Waals surface area contributed by atoms with Gasteiger partial charge in [-0.05, 0) is 45.2 Å². The molecule has 0 saturated heterocycles. The van der Waals surface area contributed by atoms with Gasteiger partial charge in [-0.25, -0.2) is 0 Å². The van der Waals surface area contributed by atoms with Gasteiger partial charge in [-0.15, -0.1) is 0 Å². The van der Waals surface area contributed by atoms with Crippen LogP contribution in [0.3, 0.4) is 0 Å². The maximum atomic E-state index is 2.23. The first-order valence-electron chi connectivity index (χ1n) is 10.3. The number of hydrogen-bond donors (Lipinski definition) is 0. The lowest BCUT2D eigenvalue weighted by atomic mass is 9.89. The summed E-state index contributed by atoms with van der Waals surface area (Å²) in [5.41, 5.74) is 4.00. The summed E-state index contributed by atoms with van der Waals surface area (Å²) < 4.78 is 0. The highest BCUT2D eigenvalue weighted by Crippen LogP contribution is 2.38. The molecule has 0 amide bonds. The minimum Gasteiger partial charge on any atom is -0.0683 e. The smallest absolute Gasteiger partial charge is 0.00697 e. The van der Waals surface area contributed by atoms with E-state index in [9.17, 15) is 0 Å². The Morgan fingerprint density at radius 3 is 1.30 bits per heavy atom. The van der Waals surface area contributed by atoms with Gasteiger partial charge in [-0.1, -0.05) is 120 Å². The molecule has 0 aliphatic rings. The largest absolute Gasteiger partial charge is 0.0683 e. The van der Waals surface area contributed by atoms with Gasteiger partial charge in [0.15, 0.2) is 0 Å². The van der Waals surface area contributed by atoms with Crippen molar-refractivity contribution in [2.45, 2.75) is 48.5 Å². The molecular weight excluding hydrogens is 324 g/mol. The van der Waals surface area contributed by atoms with Gasteiger partial charge in [-0.3, -0.25) is 0 Å². The molecule has 4 aromatic rings. The van der Waals surface area contributed by atoms with E-state index in [2.05, 4.69) is 85.8 Å². The Morgan fingerprint density at radius 2 is 0.778 bits per heavy atom. The van der Waals surface area contributed by atoms with Crippen molar-refractivity contribution in [3.8, 4) is 11.1 Å². The van der Waals surface area contributed by atoms with Crippen LogP contribution in [0.2, 0.25) is 0 Å². The molecule has 0 heterocycles. The SMILES string of the molecule is CC.CC.CC.Cc1c(-c2ccccc2)c2ccccc2c2ccccc12. The van der Waals surface area contributed by atoms with Crippen molar-refractivity contribution >= 4 is 21.5 Å². The molecule has 0 aromatic heterocycles. The quantitative estimate of drug-likeness (QED) is 0.298. The van der Waals surface area contributed by atoms with Gasteiger partial charge in [-0.2, -0.15) is 0 Å². The van der Waals surface area contributed by atoms with E-state index in [1.807, 2.05) is 41.5 Å². The first-order valence-corrected chi connectivity index (χ1v) is 10.3. The summed E-state index contributed by atoms with van der Waals surface area (Å²) in [6.07, 6.45) is 0. The maximum absolute atomic E-state index is 2.23. The highest BCUT2D eigenvalue weighted by molar-refractivity contribution is 6.15. The summed E-state index contributed by atoms with van der Waals surface area (Å²) in [6, 6.07) is 28.1. The fourth-order valence-electron chi connectivity index (χ4n) is 3.29. The first-order chi connectivity index (χ1) is 13.4. The van der Waals surface area contributed by atoms with Crippen molar-refractivity contribution in [1.29, 1.82) is 0 Å². The van der Waals surface area contributed by atoms with Crippen LogP contribution in [-0.4, -0.2) is 0 Å². The fraction of sp³-hybridized carbons (Fsp3) is 0.259. The van der Waals surface area contributed by atoms with Crippen LogP contribution in [0.4, 0.5) is 0 Å². The number of hydrogen-bond acceptors (Lipinski definition) is 0. The molecule has 0 N–H and O–H groups in total. The van der Waals surface area contributed by atoms with E-state index in [1.165, 1.54) is 38.2 Å². The van der Waals surface area contributed by atoms with Crippen LogP contribution in [0.1, 0.15) is 47.1 Å². The number of aryl methyl sites for hydroxylation is 1. The van der Waals surface area contributed by atoms with Crippen molar-refractivity contribution < 1.29 is 0 Å². The zero-order valence-electron chi connectivity index (χ0n) is 18.0. The predicted octanol–water partition coefficient (Wildman–Crippen LogP) is 9.05. The summed E-state index contributed by atoms with van der Waals surface area (Å²) in [5.74, 6) is 0. The average Bonchev–Trinajstić information content (AvgIpc) is 2.79. The van der Waals surface area contributed by atoms with E-state index in [4.69, 9.17) is 0 Å². The average molecular weight is 359 g/mol. The second-order valence-corrected chi connectivity index (χ2v) is 5.46. The molecule has 4 rings (SSSR count). The molecule has 0 radical (unpaired) electrons. The molecule has 0 nitrogen and oxygen atoms in total. The molecule has 27 heavy (non-hydrogen) atoms. The summed E-state index contributed by atoms with van der Waals surface area (Å²) in [6.45, 7) is 14.2. The molecule has 0 unspecified atom stereocenters. The summed E-state index contributed by atoms with van der Waals surface area (Å²) in [5, 5.41) is 5.35. The Bertz CT molecular complexity index is 934. The van der Waals surface area contributed by atoms with E-state index in [1.54, 1.807) is 0 Å². The molecule has 0 heteroatoms. The van der Waals surface area contributed by atoms with Crippen molar-refractivity contribution in [3.63, 3.8) is 0 Å². The first kappa shape index (κ1) is 22.4. The zero-order chi connectivity index (χ0) is 20.2. The third-order valence-corrected chi connectivity index (χ3v) is 4.26. The Hall–Kier alpha value is -2.60. The molecule has 0 spiro atoms. The van der Waals surface area contributed by atoms with E-state index in [0.717, 1.165) is 0 Å². The van der Waals surface area contributed by atoms with Crippen LogP contribution in [0.25, 0.3) is 32.7 Å². The molecule has 0 aliphatic carbocycles. The van der Waals surface area contributed by atoms with Crippen molar-refractivity contribution in [2.24, 2.45) is 0 Å². The molecule has 4 aromatic carbocycles. The Kier molecular flexibility index (Phi) is 9.90. The van der Waals surface area contributed by atoms with E-state index in [-0.39, 0.29) is 0 Å². The van der Waals surface area contributed by atoms with E-state index in [0.29, 0.717) is 0 Å². The van der Waals surface area contributed by atoms with Crippen LogP contribution in [0, 0.1) is 6.92 Å². The highest BCUT2D eigenvalue weighted by atomic mass is 14.1. The number of fused-ring (bicyclic) bond motifs is 3. The monoisotopic (exact) mass is 358 g/mol. The van der Waals surface area contributed by atoms with Gasteiger partial charge in [0.25, 0.3) is 0 Å². The Labute approximate surface area is 165 Å². The lowest BCUT2D eigenvalue weighted by Gasteiger charge is -2.15. The van der Waals surface area contributed by atoms with Gasteiger partial charge in [0.05, 0.1) is 0 Å². The van der Waals surface area contributed by atoms with Gasteiger partial charge < -0.3 is 0 Å². The Balaban J connectivity index is 0.000000556. The summed E-state index contributed by atoms with van der Waals surface area (Å²) in [4.78, 5) is 0. The molecule has 0 aliphatic heterocycles. The minimum atomic E-state index is 1.29. The van der Waals surface area contributed by atoms with Crippen LogP contribution in [0.15, 0.2) is 78.9 Å². The predicted molar refractivity (Wildman–Crippen MR) is 126 cm³/mol. The third-order valence-electron chi connectivity index (χ3n) is 4.26. The number of rotatable bonds is 1. The normalized spacial score (nSPS) is 9.30. The fourth-order valence-corrected chi connectivity index (χ4v) is 3.29. The molecule has 0 fully saturated rings. The minimum absolute atomic E-state index is 1.29. The van der Waals surface area contributed by atoms with Crippen molar-refractivity contribution in [2.75, 3.05) is 0 Å². The van der Waals surface area contributed by atoms with Crippen LogP contribution >= 0.6 is 0 Å². The Morgan fingerprint density at radius 1 is 0.407 bits per heavy atom. The molecule has 0 bridgehead atoms. The summed E-state index contributed by atoms with van der Waals surface area (Å²) in [7, 11) is 0. The van der Waals surface area contributed by atoms with Crippen LogP contribution in [0.5, 0.6) is 0 Å². The molecule has 0 saturated carbocycles. The maximum Gasteiger partial charge on any atom is -0.00697 e. The lowest BCUT2D eigenvalue weighted by molar-refractivity contribution is 1.50. The van der Waals surface area contributed by atoms with Gasteiger partial charge in [0.1, 0.15) is 0 Å². The standard InChI is InChI=1S/C21H16.3C2H6/c1-15-17-11-5-6-12-18(17)19-13-7-8-14-20(19)21(15)16-9-3-2-4-10-16;3*1-2/h2-14H,1H3;3*1-2H3. The lowest BCUT2D eigenvalue weighted by Crippen LogP contribution is -1.89. The summed E-state index contributed by atoms with van der Waals surface area (Å²) >= 11 is 0. The third kappa shape index (κ3) is 4.77. The van der Waals surface area contributed by atoms with Crippen molar-refractivity contribution in [1.82, 2.24) is 0 Å². The second-order valence-electron chi connectivity index (χ2n) is 5.46. The second kappa shape index (κ2) is 11.9. The van der Waals surface area contributed by atoms with E-state index < -0.39 is 0 Å². The molecule has 0 atom stereocenters. The number of benzene rings is 4. The van der Waals surface area contributed by atoms with Crippen LogP contribution in [-0.2, 0) is 0 Å². The van der Waals surface area contributed by atoms with Gasteiger partial charge >= 0.3 is 0 Å². The zero-order valence-corrected chi connectivity index (χ0v) is 18.0. The van der Waals surface area contributed by atoms with Gasteiger partial charge in [0, 0.05) is 0 Å². The van der Waals surface area contributed by atoms with Crippen LogP contribution < -0.4 is 0 Å². The van der Waals surface area contributed by atoms with Crippen molar-refractivity contribution in [3.05, 3.63) is 84.4 Å². The topological polar surface area (TPSA) is 0 Å². The molecule has 142 valence electrons. The van der Waals surface area contributed by atoms with Gasteiger partial charge in [0.2, 0.25) is 0 Å². The van der Waals surface area contributed by atoms with E-state index >= 15 is 0 Å².